The first-order chi connectivity index (χ1) is 9.13. The normalized spacial score (nSPS) is 20.2. The number of aliphatic hydroxyl groups excluding tert-OH is 1. The highest BCUT2D eigenvalue weighted by atomic mass is 35.5. The molecule has 1 saturated heterocycles. The van der Waals surface area contributed by atoms with Crippen molar-refractivity contribution in [3.63, 3.8) is 0 Å². The van der Waals surface area contributed by atoms with Crippen molar-refractivity contribution in [1.82, 2.24) is 0 Å². The number of benzene rings is 1. The molecule has 1 heterocycles. The number of halogens is 2. The van der Waals surface area contributed by atoms with Crippen molar-refractivity contribution in [3.8, 4) is 0 Å². The van der Waals surface area contributed by atoms with Crippen molar-refractivity contribution < 1.29 is 14.2 Å². The minimum Gasteiger partial charge on any atom is -0.392 e. The second-order valence-corrected chi connectivity index (χ2v) is 5.36. The fourth-order valence-corrected chi connectivity index (χ4v) is 2.95. The van der Waals surface area contributed by atoms with Crippen LogP contribution in [0.4, 0.5) is 4.39 Å². The van der Waals surface area contributed by atoms with Crippen LogP contribution < -0.4 is 5.73 Å². The third-order valence-corrected chi connectivity index (χ3v) is 4.10. The molecule has 0 aromatic heterocycles. The van der Waals surface area contributed by atoms with E-state index in [0.717, 1.165) is 12.8 Å². The molecule has 1 aromatic rings. The first kappa shape index (κ1) is 14.7. The third kappa shape index (κ3) is 3.45. The fraction of sp³-hybridized carbons (Fsp3) is 0.571. The zero-order chi connectivity index (χ0) is 13.8. The molecule has 0 saturated carbocycles. The quantitative estimate of drug-likeness (QED) is 0.893. The fourth-order valence-electron chi connectivity index (χ4n) is 2.64. The molecular formula is C14H19ClFNO2. The molecule has 0 bridgehead atoms. The van der Waals surface area contributed by atoms with Crippen molar-refractivity contribution in [3.05, 3.63) is 34.6 Å². The van der Waals surface area contributed by atoms with E-state index in [1.807, 2.05) is 0 Å². The Kier molecular flexibility index (Phi) is 5.16. The zero-order valence-corrected chi connectivity index (χ0v) is 11.4. The van der Waals surface area contributed by atoms with Crippen LogP contribution in [0.5, 0.6) is 0 Å². The molecule has 0 radical (unpaired) electrons. The molecule has 1 aliphatic heterocycles. The van der Waals surface area contributed by atoms with Crippen molar-refractivity contribution in [1.29, 1.82) is 0 Å². The van der Waals surface area contributed by atoms with Gasteiger partial charge < -0.3 is 15.6 Å². The van der Waals surface area contributed by atoms with Crippen LogP contribution in [0.1, 0.15) is 24.3 Å². The van der Waals surface area contributed by atoms with Gasteiger partial charge in [-0.1, -0.05) is 17.7 Å². The highest BCUT2D eigenvalue weighted by Gasteiger charge is 2.30. The predicted molar refractivity (Wildman–Crippen MR) is 72.8 cm³/mol. The molecule has 0 spiro atoms. The lowest BCUT2D eigenvalue weighted by molar-refractivity contribution is -0.00193. The van der Waals surface area contributed by atoms with Gasteiger partial charge in [0.2, 0.25) is 0 Å². The number of rotatable bonds is 4. The van der Waals surface area contributed by atoms with Crippen LogP contribution >= 0.6 is 11.6 Å². The average Bonchev–Trinajstić information content (AvgIpc) is 2.42. The summed E-state index contributed by atoms with van der Waals surface area (Å²) < 4.78 is 18.4. The van der Waals surface area contributed by atoms with E-state index in [1.165, 1.54) is 12.1 Å². The summed E-state index contributed by atoms with van der Waals surface area (Å²) in [5.41, 5.74) is 6.49. The van der Waals surface area contributed by atoms with Gasteiger partial charge in [-0.25, -0.2) is 4.39 Å². The predicted octanol–water partition coefficient (Wildman–Crippen LogP) is 2.31. The molecule has 1 aliphatic rings. The maximum Gasteiger partial charge on any atom is 0.124 e. The topological polar surface area (TPSA) is 55.5 Å². The molecule has 0 amide bonds. The SMILES string of the molecule is NCC(c1ccc(F)cc1Cl)C(O)C1CCOCC1. The molecule has 1 fully saturated rings. The summed E-state index contributed by atoms with van der Waals surface area (Å²) in [6.45, 7) is 1.61. The van der Waals surface area contributed by atoms with E-state index >= 15 is 0 Å². The Morgan fingerprint density at radius 2 is 2.11 bits per heavy atom. The Hall–Kier alpha value is -0.680. The highest BCUT2D eigenvalue weighted by Crippen LogP contribution is 2.33. The lowest BCUT2D eigenvalue weighted by Gasteiger charge is -2.32. The van der Waals surface area contributed by atoms with Gasteiger partial charge in [-0.2, -0.15) is 0 Å². The average molecular weight is 288 g/mol. The van der Waals surface area contributed by atoms with E-state index in [4.69, 9.17) is 22.1 Å². The Morgan fingerprint density at radius 3 is 2.68 bits per heavy atom. The number of hydrogen-bond donors (Lipinski definition) is 2. The summed E-state index contributed by atoms with van der Waals surface area (Å²) in [7, 11) is 0. The summed E-state index contributed by atoms with van der Waals surface area (Å²) in [5, 5.41) is 10.8. The van der Waals surface area contributed by atoms with Gasteiger partial charge >= 0.3 is 0 Å². The van der Waals surface area contributed by atoms with Crippen molar-refractivity contribution in [2.45, 2.75) is 24.9 Å². The monoisotopic (exact) mass is 287 g/mol. The minimum atomic E-state index is -0.572. The van der Waals surface area contributed by atoms with Gasteiger partial charge in [0.15, 0.2) is 0 Å². The molecule has 2 rings (SSSR count). The summed E-state index contributed by atoms with van der Waals surface area (Å²) in [6.07, 6.45) is 1.06. The molecule has 0 aliphatic carbocycles. The first-order valence-corrected chi connectivity index (χ1v) is 6.92. The van der Waals surface area contributed by atoms with E-state index < -0.39 is 6.10 Å². The van der Waals surface area contributed by atoms with Gasteiger partial charge in [0.25, 0.3) is 0 Å². The van der Waals surface area contributed by atoms with Crippen LogP contribution in [0.2, 0.25) is 5.02 Å². The van der Waals surface area contributed by atoms with E-state index in [-0.39, 0.29) is 24.2 Å². The molecule has 2 atom stereocenters. The summed E-state index contributed by atoms with van der Waals surface area (Å²) in [5.74, 6) is -0.496. The van der Waals surface area contributed by atoms with Gasteiger partial charge in [-0.3, -0.25) is 0 Å². The van der Waals surface area contributed by atoms with Crippen LogP contribution in [0.25, 0.3) is 0 Å². The molecule has 19 heavy (non-hydrogen) atoms. The van der Waals surface area contributed by atoms with Gasteiger partial charge in [-0.15, -0.1) is 0 Å². The molecule has 106 valence electrons. The lowest BCUT2D eigenvalue weighted by Crippen LogP contribution is -2.35. The Bertz CT molecular complexity index is 424. The lowest BCUT2D eigenvalue weighted by atomic mass is 9.82. The number of aliphatic hydroxyl groups is 1. The number of hydrogen-bond acceptors (Lipinski definition) is 3. The van der Waals surface area contributed by atoms with E-state index in [2.05, 4.69) is 0 Å². The summed E-state index contributed by atoms with van der Waals surface area (Å²) >= 11 is 6.05. The van der Waals surface area contributed by atoms with Crippen molar-refractivity contribution >= 4 is 11.6 Å². The zero-order valence-electron chi connectivity index (χ0n) is 10.7. The van der Waals surface area contributed by atoms with Crippen molar-refractivity contribution in [2.75, 3.05) is 19.8 Å². The van der Waals surface area contributed by atoms with Crippen LogP contribution in [-0.4, -0.2) is 31.0 Å². The molecule has 5 heteroatoms. The highest BCUT2D eigenvalue weighted by molar-refractivity contribution is 6.31. The summed E-state index contributed by atoms with van der Waals surface area (Å²) in [4.78, 5) is 0. The van der Waals surface area contributed by atoms with Crippen LogP contribution in [-0.2, 0) is 4.74 Å². The van der Waals surface area contributed by atoms with Crippen LogP contribution in [0.3, 0.4) is 0 Å². The van der Waals surface area contributed by atoms with E-state index in [1.54, 1.807) is 6.07 Å². The smallest absolute Gasteiger partial charge is 0.124 e. The Morgan fingerprint density at radius 1 is 1.42 bits per heavy atom. The first-order valence-electron chi connectivity index (χ1n) is 6.54. The maximum atomic E-state index is 13.1. The molecule has 3 N–H and O–H groups in total. The summed E-state index contributed by atoms with van der Waals surface area (Å²) in [6, 6.07) is 4.22. The number of ether oxygens (including phenoxy) is 1. The largest absolute Gasteiger partial charge is 0.392 e. The Labute approximate surface area is 117 Å². The maximum absolute atomic E-state index is 13.1. The molecule has 2 unspecified atom stereocenters. The molecule has 1 aromatic carbocycles. The second kappa shape index (κ2) is 6.66. The van der Waals surface area contributed by atoms with Gasteiger partial charge in [0.05, 0.1) is 6.10 Å². The molecular weight excluding hydrogens is 269 g/mol. The standard InChI is InChI=1S/C14H19ClFNO2/c15-13-7-10(16)1-2-11(13)12(8-17)14(18)9-3-5-19-6-4-9/h1-2,7,9,12,14,18H,3-6,8,17H2. The van der Waals surface area contributed by atoms with E-state index in [9.17, 15) is 9.50 Å². The minimum absolute atomic E-state index is 0.156. The molecule has 3 nitrogen and oxygen atoms in total. The van der Waals surface area contributed by atoms with Gasteiger partial charge in [0.1, 0.15) is 5.82 Å². The van der Waals surface area contributed by atoms with Crippen LogP contribution in [0, 0.1) is 11.7 Å². The van der Waals surface area contributed by atoms with Crippen molar-refractivity contribution in [2.24, 2.45) is 11.7 Å². The number of nitrogens with two attached hydrogens (primary N) is 1. The van der Waals surface area contributed by atoms with Gasteiger partial charge in [-0.05, 0) is 36.5 Å². The van der Waals surface area contributed by atoms with Crippen LogP contribution in [0.15, 0.2) is 18.2 Å². The Balaban J connectivity index is 2.18. The third-order valence-electron chi connectivity index (χ3n) is 3.78. The van der Waals surface area contributed by atoms with E-state index in [0.29, 0.717) is 23.8 Å². The second-order valence-electron chi connectivity index (χ2n) is 4.95. The van der Waals surface area contributed by atoms with Gasteiger partial charge in [0, 0.05) is 30.7 Å².